The van der Waals surface area contributed by atoms with Gasteiger partial charge in [-0.2, -0.15) is 0 Å². The van der Waals surface area contributed by atoms with Gasteiger partial charge in [-0.15, -0.1) is 11.3 Å². The number of carbonyl (C=O) groups excluding carboxylic acids is 1. The van der Waals surface area contributed by atoms with Crippen LogP contribution < -0.4 is 5.32 Å². The largest absolute Gasteiger partial charge is 0.393 e. The zero-order valence-corrected chi connectivity index (χ0v) is 25.8. The van der Waals surface area contributed by atoms with Crippen LogP contribution in [0.4, 0.5) is 0 Å². The van der Waals surface area contributed by atoms with Crippen molar-refractivity contribution < 1.29 is 15.0 Å². The van der Waals surface area contributed by atoms with Crippen molar-refractivity contribution in [1.29, 1.82) is 0 Å². The van der Waals surface area contributed by atoms with Crippen LogP contribution in [0.2, 0.25) is 0 Å². The quantitative estimate of drug-likeness (QED) is 0.323. The molecular weight excluding hydrogens is 546 g/mol. The highest BCUT2D eigenvalue weighted by Crippen LogP contribution is 2.68. The van der Waals surface area contributed by atoms with Crippen molar-refractivity contribution in [3.8, 4) is 0 Å². The highest BCUT2D eigenvalue weighted by molar-refractivity contribution is 9.11. The van der Waals surface area contributed by atoms with Gasteiger partial charge in [0.15, 0.2) is 0 Å². The molecule has 5 rings (SSSR count). The topological polar surface area (TPSA) is 69.6 Å². The lowest BCUT2D eigenvalue weighted by Gasteiger charge is -2.62. The van der Waals surface area contributed by atoms with Crippen molar-refractivity contribution in [2.24, 2.45) is 52.3 Å². The molecule has 1 aromatic heterocycles. The van der Waals surface area contributed by atoms with Gasteiger partial charge in [0.1, 0.15) is 0 Å². The van der Waals surface area contributed by atoms with Gasteiger partial charge in [-0.25, -0.2) is 0 Å². The molecule has 0 radical (unpaired) electrons. The van der Waals surface area contributed by atoms with Crippen molar-refractivity contribution in [2.45, 2.75) is 111 Å². The van der Waals surface area contributed by atoms with Crippen LogP contribution in [-0.4, -0.2) is 28.3 Å². The molecule has 0 saturated heterocycles. The van der Waals surface area contributed by atoms with Gasteiger partial charge in [-0.1, -0.05) is 34.6 Å². The summed E-state index contributed by atoms with van der Waals surface area (Å²) in [6.45, 7) is 11.6. The fourth-order valence-corrected chi connectivity index (χ4v) is 11.6. The number of amides is 1. The number of thiophene rings is 1. The molecule has 4 aliphatic carbocycles. The number of halogens is 1. The van der Waals surface area contributed by atoms with Crippen LogP contribution in [-0.2, 0) is 4.79 Å². The number of fused-ring (bicyclic) bond motifs is 5. The van der Waals surface area contributed by atoms with Gasteiger partial charge in [0.25, 0.3) is 0 Å². The predicted octanol–water partition coefficient (Wildman–Crippen LogP) is 7.34. The Morgan fingerprint density at radius 1 is 1.03 bits per heavy atom. The highest BCUT2D eigenvalue weighted by atomic mass is 79.9. The molecule has 3 N–H and O–H groups in total. The minimum absolute atomic E-state index is 0.0600. The van der Waals surface area contributed by atoms with Crippen LogP contribution in [0.25, 0.3) is 0 Å². The zero-order chi connectivity index (χ0) is 26.7. The Balaban J connectivity index is 1.27. The molecule has 37 heavy (non-hydrogen) atoms. The first-order chi connectivity index (χ1) is 17.4. The minimum atomic E-state index is -0.281. The number of nitrogens with one attached hydrogen (secondary N) is 1. The second-order valence-corrected chi connectivity index (χ2v) is 16.6. The van der Waals surface area contributed by atoms with Crippen molar-refractivity contribution >= 4 is 33.2 Å². The fraction of sp³-hybridized carbons (Fsp3) is 0.839. The third-order valence-corrected chi connectivity index (χ3v) is 13.5. The summed E-state index contributed by atoms with van der Waals surface area (Å²) in [5.74, 6) is 3.59. The van der Waals surface area contributed by atoms with Crippen LogP contribution in [0.5, 0.6) is 0 Å². The molecular formula is C31H48BrNO3S. The molecule has 4 nitrogen and oxygen atoms in total. The van der Waals surface area contributed by atoms with Crippen LogP contribution >= 0.6 is 27.3 Å². The molecule has 1 amide bonds. The van der Waals surface area contributed by atoms with E-state index in [1.165, 1.54) is 30.6 Å². The molecule has 208 valence electrons. The second-order valence-electron chi connectivity index (χ2n) is 14.1. The van der Waals surface area contributed by atoms with E-state index in [1.807, 2.05) is 0 Å². The lowest BCUT2D eigenvalue weighted by atomic mass is 9.44. The molecule has 4 saturated carbocycles. The summed E-state index contributed by atoms with van der Waals surface area (Å²) < 4.78 is 1.11. The molecule has 1 aromatic rings. The van der Waals surface area contributed by atoms with Crippen LogP contribution in [0.3, 0.4) is 0 Å². The Bertz CT molecular complexity index is 981. The van der Waals surface area contributed by atoms with Gasteiger partial charge in [-0.05, 0) is 132 Å². The first kappa shape index (κ1) is 28.1. The van der Waals surface area contributed by atoms with E-state index in [1.54, 1.807) is 11.3 Å². The van der Waals surface area contributed by atoms with Gasteiger partial charge in [-0.3, -0.25) is 4.79 Å². The molecule has 1 heterocycles. The normalized spacial score (nSPS) is 43.0. The van der Waals surface area contributed by atoms with E-state index < -0.39 is 0 Å². The summed E-state index contributed by atoms with van der Waals surface area (Å²) in [7, 11) is 0. The monoisotopic (exact) mass is 593 g/mol. The second kappa shape index (κ2) is 10.5. The Hall–Kier alpha value is -0.430. The molecule has 11 atom stereocenters. The number of hydrogen-bond acceptors (Lipinski definition) is 4. The van der Waals surface area contributed by atoms with Crippen LogP contribution in [0, 0.1) is 52.3 Å². The maximum absolute atomic E-state index is 13.3. The van der Waals surface area contributed by atoms with Gasteiger partial charge in [0.05, 0.1) is 22.0 Å². The van der Waals surface area contributed by atoms with Crippen molar-refractivity contribution in [3.05, 3.63) is 20.8 Å². The molecule has 0 spiro atoms. The summed E-state index contributed by atoms with van der Waals surface area (Å²) in [6, 6.07) is 4.26. The smallest absolute Gasteiger partial charge is 0.220 e. The lowest BCUT2D eigenvalue weighted by Crippen LogP contribution is -2.58. The van der Waals surface area contributed by atoms with Crippen molar-refractivity contribution in [2.75, 3.05) is 0 Å². The standard InChI is InChI=1S/C31H48BrNO3S/c1-17(2)29(26-8-9-27(32)37-26)33-28(36)14-18(3)21-6-7-22-20-16-25(35)24-15-19(34)10-12-31(24,5)23(20)11-13-30(21,22)4/h8-9,17-25,29,34-35H,6-7,10-16H2,1-5H3,(H,33,36)/t18-,19-,20+,21-,22+,23+,24+,25+,29-,30-,31-/m1/s1. The van der Waals surface area contributed by atoms with E-state index in [-0.39, 0.29) is 40.9 Å². The first-order valence-electron chi connectivity index (χ1n) is 14.8. The van der Waals surface area contributed by atoms with E-state index in [2.05, 4.69) is 68.0 Å². The van der Waals surface area contributed by atoms with Gasteiger partial charge < -0.3 is 15.5 Å². The fourth-order valence-electron chi connectivity index (χ4n) is 9.98. The van der Waals surface area contributed by atoms with Crippen LogP contribution in [0.1, 0.15) is 103 Å². The molecule has 0 unspecified atom stereocenters. The van der Waals surface area contributed by atoms with Crippen molar-refractivity contribution in [1.82, 2.24) is 5.32 Å². The minimum Gasteiger partial charge on any atom is -0.393 e. The third kappa shape index (κ3) is 5.00. The van der Waals surface area contributed by atoms with E-state index in [0.29, 0.717) is 41.9 Å². The molecule has 4 aliphatic rings. The summed E-state index contributed by atoms with van der Waals surface area (Å²) in [5.41, 5.74) is 0.420. The summed E-state index contributed by atoms with van der Waals surface area (Å²) in [5, 5.41) is 25.0. The molecule has 0 aromatic carbocycles. The number of aliphatic hydroxyl groups is 2. The van der Waals surface area contributed by atoms with Gasteiger partial charge >= 0.3 is 0 Å². The average Bonchev–Trinajstić information content (AvgIpc) is 3.41. The first-order valence-corrected chi connectivity index (χ1v) is 16.5. The predicted molar refractivity (Wildman–Crippen MR) is 154 cm³/mol. The van der Waals surface area contributed by atoms with E-state index in [9.17, 15) is 15.0 Å². The van der Waals surface area contributed by atoms with Gasteiger partial charge in [0.2, 0.25) is 5.91 Å². The molecule has 0 aliphatic heterocycles. The van der Waals surface area contributed by atoms with Crippen LogP contribution in [0.15, 0.2) is 15.9 Å². The Morgan fingerprint density at radius 2 is 1.73 bits per heavy atom. The number of hydrogen-bond donors (Lipinski definition) is 3. The maximum Gasteiger partial charge on any atom is 0.220 e. The molecule has 0 bridgehead atoms. The SMILES string of the molecule is CC(C)[C@@H](NC(=O)C[C@@H](C)[C@H]1CC[C@H]2[C@@H]3C[C@H](O)[C@@H]4C[C@H](O)CC[C@]4(C)[C@H]3CC[C@]12C)c1ccc(Br)s1. The number of rotatable bonds is 6. The summed E-state index contributed by atoms with van der Waals surface area (Å²) >= 11 is 5.28. The van der Waals surface area contributed by atoms with Crippen molar-refractivity contribution in [3.63, 3.8) is 0 Å². The molecule has 6 heteroatoms. The number of carbonyl (C=O) groups is 1. The zero-order valence-electron chi connectivity index (χ0n) is 23.4. The highest BCUT2D eigenvalue weighted by Gasteiger charge is 2.62. The number of aliphatic hydroxyl groups excluding tert-OH is 2. The summed E-state index contributed by atoms with van der Waals surface area (Å²) in [6.07, 6.45) is 8.63. The van der Waals surface area contributed by atoms with Gasteiger partial charge in [0, 0.05) is 11.3 Å². The Labute approximate surface area is 236 Å². The lowest BCUT2D eigenvalue weighted by molar-refractivity contribution is -0.172. The molecule has 4 fully saturated rings. The maximum atomic E-state index is 13.3. The van der Waals surface area contributed by atoms with E-state index >= 15 is 0 Å². The average molecular weight is 595 g/mol. The van der Waals surface area contributed by atoms with E-state index in [0.717, 1.165) is 29.5 Å². The summed E-state index contributed by atoms with van der Waals surface area (Å²) in [4.78, 5) is 14.5. The Morgan fingerprint density at radius 3 is 2.41 bits per heavy atom. The van der Waals surface area contributed by atoms with E-state index in [4.69, 9.17) is 0 Å². The Kier molecular flexibility index (Phi) is 7.99. The third-order valence-electron chi connectivity index (χ3n) is 11.8.